The van der Waals surface area contributed by atoms with Crippen LogP contribution in [0.5, 0.6) is 0 Å². The number of nitrogens with zero attached hydrogens (tertiary/aromatic N) is 2. The SMILES string of the molecule is CCC1(C)CCN(C(=NC)NCC2(SC)CCOCC2)C1. The van der Waals surface area contributed by atoms with E-state index in [1.807, 2.05) is 18.8 Å². The lowest BCUT2D eigenvalue weighted by atomic mass is 9.87. The molecule has 1 unspecified atom stereocenters. The Morgan fingerprint density at radius 1 is 1.33 bits per heavy atom. The van der Waals surface area contributed by atoms with E-state index < -0.39 is 0 Å². The van der Waals surface area contributed by atoms with E-state index in [0.29, 0.717) is 10.2 Å². The van der Waals surface area contributed by atoms with Gasteiger partial charge in [0.1, 0.15) is 0 Å². The maximum absolute atomic E-state index is 5.52. The lowest BCUT2D eigenvalue weighted by Gasteiger charge is -2.37. The predicted octanol–water partition coefficient (Wildman–Crippen LogP) is 2.60. The number of hydrogen-bond donors (Lipinski definition) is 1. The van der Waals surface area contributed by atoms with Crippen LogP contribution in [0.2, 0.25) is 0 Å². The number of nitrogens with one attached hydrogen (secondary N) is 1. The Morgan fingerprint density at radius 3 is 2.57 bits per heavy atom. The summed E-state index contributed by atoms with van der Waals surface area (Å²) in [5.41, 5.74) is 0.452. The Balaban J connectivity index is 1.91. The second kappa shape index (κ2) is 7.23. The van der Waals surface area contributed by atoms with Gasteiger partial charge >= 0.3 is 0 Å². The van der Waals surface area contributed by atoms with Gasteiger partial charge in [0.05, 0.1) is 0 Å². The van der Waals surface area contributed by atoms with E-state index in [9.17, 15) is 0 Å². The molecule has 0 bridgehead atoms. The Kier molecular flexibility index (Phi) is 5.83. The van der Waals surface area contributed by atoms with Crippen molar-refractivity contribution in [1.29, 1.82) is 0 Å². The largest absolute Gasteiger partial charge is 0.381 e. The molecule has 21 heavy (non-hydrogen) atoms. The van der Waals surface area contributed by atoms with Gasteiger partial charge in [0.25, 0.3) is 0 Å². The van der Waals surface area contributed by atoms with E-state index >= 15 is 0 Å². The molecular formula is C16H31N3OS. The zero-order chi connectivity index (χ0) is 15.3. The molecule has 0 aliphatic carbocycles. The van der Waals surface area contributed by atoms with Gasteiger partial charge in [0.2, 0.25) is 0 Å². The molecule has 0 amide bonds. The molecule has 1 N–H and O–H groups in total. The highest BCUT2D eigenvalue weighted by atomic mass is 32.2. The van der Waals surface area contributed by atoms with Crippen molar-refractivity contribution in [1.82, 2.24) is 10.2 Å². The lowest BCUT2D eigenvalue weighted by molar-refractivity contribution is 0.0781. The summed E-state index contributed by atoms with van der Waals surface area (Å²) in [6, 6.07) is 0. The monoisotopic (exact) mass is 313 g/mol. The van der Waals surface area contributed by atoms with Crippen molar-refractivity contribution in [2.75, 3.05) is 46.2 Å². The molecule has 0 spiro atoms. The molecular weight excluding hydrogens is 282 g/mol. The second-order valence-corrected chi connectivity index (χ2v) is 8.01. The first-order valence-corrected chi connectivity index (χ1v) is 9.37. The van der Waals surface area contributed by atoms with Crippen LogP contribution < -0.4 is 5.32 Å². The molecule has 1 atom stereocenters. The van der Waals surface area contributed by atoms with Crippen molar-refractivity contribution in [2.24, 2.45) is 10.4 Å². The molecule has 0 aromatic carbocycles. The Bertz CT molecular complexity index is 369. The third-order valence-electron chi connectivity index (χ3n) is 5.33. The molecule has 2 saturated heterocycles. The minimum atomic E-state index is 0.308. The van der Waals surface area contributed by atoms with Gasteiger partial charge in [-0.1, -0.05) is 13.8 Å². The molecule has 4 nitrogen and oxygen atoms in total. The molecule has 2 rings (SSSR count). The van der Waals surface area contributed by atoms with E-state index in [2.05, 4.69) is 35.3 Å². The average Bonchev–Trinajstić information content (AvgIpc) is 2.92. The Morgan fingerprint density at radius 2 is 2.05 bits per heavy atom. The smallest absolute Gasteiger partial charge is 0.193 e. The van der Waals surface area contributed by atoms with Crippen LogP contribution in [0.25, 0.3) is 0 Å². The first-order chi connectivity index (χ1) is 10.1. The van der Waals surface area contributed by atoms with Crippen LogP contribution in [0.4, 0.5) is 0 Å². The van der Waals surface area contributed by atoms with Gasteiger partial charge in [-0.2, -0.15) is 11.8 Å². The first-order valence-electron chi connectivity index (χ1n) is 8.15. The van der Waals surface area contributed by atoms with Gasteiger partial charge in [0.15, 0.2) is 5.96 Å². The maximum Gasteiger partial charge on any atom is 0.193 e. The number of hydrogen-bond acceptors (Lipinski definition) is 3. The summed E-state index contributed by atoms with van der Waals surface area (Å²) in [4.78, 5) is 6.94. The molecule has 2 heterocycles. The van der Waals surface area contributed by atoms with E-state index in [4.69, 9.17) is 4.74 Å². The quantitative estimate of drug-likeness (QED) is 0.639. The standard InChI is InChI=1S/C16H31N3OS/c1-5-15(2)6-9-19(13-15)14(17-3)18-12-16(21-4)7-10-20-11-8-16/h5-13H2,1-4H3,(H,17,18). The fourth-order valence-corrected chi connectivity index (χ4v) is 4.05. The highest BCUT2D eigenvalue weighted by molar-refractivity contribution is 8.00. The molecule has 122 valence electrons. The summed E-state index contributed by atoms with van der Waals surface area (Å²) in [6.07, 6.45) is 6.99. The van der Waals surface area contributed by atoms with Gasteiger partial charge < -0.3 is 15.0 Å². The minimum Gasteiger partial charge on any atom is -0.381 e. The summed E-state index contributed by atoms with van der Waals surface area (Å²) < 4.78 is 5.83. The van der Waals surface area contributed by atoms with Crippen molar-refractivity contribution in [3.8, 4) is 0 Å². The summed E-state index contributed by atoms with van der Waals surface area (Å²) in [5.74, 6) is 1.08. The maximum atomic E-state index is 5.52. The van der Waals surface area contributed by atoms with Crippen molar-refractivity contribution in [3.05, 3.63) is 0 Å². The zero-order valence-electron chi connectivity index (χ0n) is 14.1. The first kappa shape index (κ1) is 16.9. The third kappa shape index (κ3) is 4.07. The Labute approximate surface area is 134 Å². The van der Waals surface area contributed by atoms with Crippen molar-refractivity contribution >= 4 is 17.7 Å². The van der Waals surface area contributed by atoms with Crippen molar-refractivity contribution < 1.29 is 4.74 Å². The Hall–Kier alpha value is -0.420. The van der Waals surface area contributed by atoms with Gasteiger partial charge in [-0.05, 0) is 37.4 Å². The van der Waals surface area contributed by atoms with Crippen LogP contribution in [0.3, 0.4) is 0 Å². The fraction of sp³-hybridized carbons (Fsp3) is 0.938. The highest BCUT2D eigenvalue weighted by Gasteiger charge is 2.35. The molecule has 2 fully saturated rings. The summed E-state index contributed by atoms with van der Waals surface area (Å²) in [5, 5.41) is 3.63. The van der Waals surface area contributed by atoms with Crippen molar-refractivity contribution in [3.63, 3.8) is 0 Å². The van der Waals surface area contributed by atoms with E-state index in [1.54, 1.807) is 0 Å². The number of likely N-dealkylation sites (tertiary alicyclic amines) is 1. The third-order valence-corrected chi connectivity index (χ3v) is 6.75. The highest BCUT2D eigenvalue weighted by Crippen LogP contribution is 2.34. The topological polar surface area (TPSA) is 36.9 Å². The average molecular weight is 314 g/mol. The van der Waals surface area contributed by atoms with E-state index in [1.165, 1.54) is 12.8 Å². The van der Waals surface area contributed by atoms with Crippen LogP contribution >= 0.6 is 11.8 Å². The summed E-state index contributed by atoms with van der Waals surface area (Å²) in [7, 11) is 1.90. The van der Waals surface area contributed by atoms with Gasteiger partial charge in [-0.15, -0.1) is 0 Å². The molecule has 2 aliphatic rings. The number of aliphatic imine (C=N–C) groups is 1. The van der Waals surface area contributed by atoms with Gasteiger partial charge in [-0.25, -0.2) is 0 Å². The molecule has 2 aliphatic heterocycles. The molecule has 0 radical (unpaired) electrons. The zero-order valence-corrected chi connectivity index (χ0v) is 14.9. The van der Waals surface area contributed by atoms with Crippen LogP contribution in [-0.2, 0) is 4.74 Å². The molecule has 5 heteroatoms. The lowest BCUT2D eigenvalue weighted by Crippen LogP contribution is -2.49. The fourth-order valence-electron chi connectivity index (χ4n) is 3.26. The predicted molar refractivity (Wildman–Crippen MR) is 92.2 cm³/mol. The van der Waals surface area contributed by atoms with Crippen LogP contribution in [-0.4, -0.2) is 61.8 Å². The second-order valence-electron chi connectivity index (χ2n) is 6.74. The molecule has 0 aromatic heterocycles. The summed E-state index contributed by atoms with van der Waals surface area (Å²) >= 11 is 1.98. The van der Waals surface area contributed by atoms with Crippen LogP contribution in [0.15, 0.2) is 4.99 Å². The number of guanidine groups is 1. The normalized spacial score (nSPS) is 29.7. The number of ether oxygens (including phenoxy) is 1. The number of thioether (sulfide) groups is 1. The molecule has 0 saturated carbocycles. The van der Waals surface area contributed by atoms with E-state index in [0.717, 1.165) is 51.6 Å². The minimum absolute atomic E-state index is 0.308. The van der Waals surface area contributed by atoms with Gasteiger partial charge in [-0.3, -0.25) is 4.99 Å². The van der Waals surface area contributed by atoms with Gasteiger partial charge in [0, 0.05) is 44.6 Å². The van der Waals surface area contributed by atoms with Crippen LogP contribution in [0.1, 0.15) is 39.5 Å². The molecule has 0 aromatic rings. The van der Waals surface area contributed by atoms with E-state index in [-0.39, 0.29) is 0 Å². The van der Waals surface area contributed by atoms with Crippen molar-refractivity contribution in [2.45, 2.75) is 44.3 Å². The summed E-state index contributed by atoms with van der Waals surface area (Å²) in [6.45, 7) is 9.70. The number of rotatable bonds is 4. The van der Waals surface area contributed by atoms with Crippen LogP contribution in [0, 0.1) is 5.41 Å².